The highest BCUT2D eigenvalue weighted by Crippen LogP contribution is 2.19. The van der Waals surface area contributed by atoms with Gasteiger partial charge in [0, 0.05) is 19.3 Å². The minimum absolute atomic E-state index is 0.0705. The van der Waals surface area contributed by atoms with Gasteiger partial charge in [-0.15, -0.1) is 0 Å². The predicted molar refractivity (Wildman–Crippen MR) is 344 cm³/mol. The Balaban J connectivity index is 4.01. The van der Waals surface area contributed by atoms with E-state index in [-0.39, 0.29) is 31.1 Å². The first-order valence-electron chi connectivity index (χ1n) is 35.5. The lowest BCUT2D eigenvalue weighted by Crippen LogP contribution is -2.30. The maximum absolute atomic E-state index is 12.9. The van der Waals surface area contributed by atoms with Crippen LogP contribution in [0.2, 0.25) is 0 Å². The van der Waals surface area contributed by atoms with Crippen molar-refractivity contribution in [3.63, 3.8) is 0 Å². The molecule has 0 bridgehead atoms. The Labute approximate surface area is 493 Å². The summed E-state index contributed by atoms with van der Waals surface area (Å²) in [5, 5.41) is 0. The van der Waals surface area contributed by atoms with Gasteiger partial charge >= 0.3 is 17.9 Å². The van der Waals surface area contributed by atoms with Crippen LogP contribution in [0.15, 0.2) is 36.5 Å². The first-order chi connectivity index (χ1) is 39.0. The number of carbonyl (C=O) groups is 3. The molecular formula is C73H136O6. The normalized spacial score (nSPS) is 12.2. The standard InChI is InChI=1S/C73H136O6/c1-4-7-10-13-16-18-20-22-24-26-28-30-32-33-34-35-36-37-38-39-41-42-44-46-48-50-52-54-57-60-63-66-72(75)78-69-70(68-77-71(74)65-62-59-56-15-12-9-6-3)79-73(76)67-64-61-58-55-53-51-49-47-45-43-40-31-29-27-25-23-21-19-17-14-11-8-5-2/h21,23,27,29,40,43,70H,4-20,22,24-26,28,30-39,41-42,44-69H2,1-3H3/b23-21-,29-27-,43-40-. The topological polar surface area (TPSA) is 78.9 Å². The molecule has 0 radical (unpaired) electrons. The van der Waals surface area contributed by atoms with Gasteiger partial charge in [0.05, 0.1) is 0 Å². The number of hydrogen-bond acceptors (Lipinski definition) is 6. The van der Waals surface area contributed by atoms with Crippen molar-refractivity contribution in [1.82, 2.24) is 0 Å². The lowest BCUT2D eigenvalue weighted by Gasteiger charge is -2.18. The first-order valence-corrected chi connectivity index (χ1v) is 35.5. The second-order valence-electron chi connectivity index (χ2n) is 24.2. The molecule has 0 heterocycles. The largest absolute Gasteiger partial charge is 0.462 e. The van der Waals surface area contributed by atoms with Crippen molar-refractivity contribution < 1.29 is 28.6 Å². The van der Waals surface area contributed by atoms with Crippen LogP contribution in [0.5, 0.6) is 0 Å². The van der Waals surface area contributed by atoms with Crippen LogP contribution < -0.4 is 0 Å². The average Bonchev–Trinajstić information content (AvgIpc) is 3.45. The lowest BCUT2D eigenvalue weighted by atomic mass is 10.0. The van der Waals surface area contributed by atoms with Crippen molar-refractivity contribution in [2.45, 2.75) is 399 Å². The zero-order valence-electron chi connectivity index (χ0n) is 53.4. The van der Waals surface area contributed by atoms with Crippen molar-refractivity contribution in [3.05, 3.63) is 36.5 Å². The second-order valence-corrected chi connectivity index (χ2v) is 24.2. The van der Waals surface area contributed by atoms with Crippen molar-refractivity contribution in [3.8, 4) is 0 Å². The number of ether oxygens (including phenoxy) is 3. The molecule has 0 aliphatic rings. The fourth-order valence-electron chi connectivity index (χ4n) is 10.8. The maximum atomic E-state index is 12.9. The van der Waals surface area contributed by atoms with E-state index in [0.717, 1.165) is 77.0 Å². The Morgan fingerprint density at radius 3 is 0.709 bits per heavy atom. The van der Waals surface area contributed by atoms with Gasteiger partial charge in [0.15, 0.2) is 6.10 Å². The van der Waals surface area contributed by atoms with Crippen molar-refractivity contribution >= 4 is 17.9 Å². The summed E-state index contributed by atoms with van der Waals surface area (Å²) in [4.78, 5) is 38.2. The summed E-state index contributed by atoms with van der Waals surface area (Å²) < 4.78 is 16.9. The average molecular weight is 1110 g/mol. The quantitative estimate of drug-likeness (QED) is 0.0261. The van der Waals surface area contributed by atoms with Gasteiger partial charge < -0.3 is 14.2 Å². The summed E-state index contributed by atoms with van der Waals surface area (Å²) >= 11 is 0. The third kappa shape index (κ3) is 66.3. The highest BCUT2D eigenvalue weighted by molar-refractivity contribution is 5.71. The Morgan fingerprint density at radius 1 is 0.253 bits per heavy atom. The fraction of sp³-hybridized carbons (Fsp3) is 0.877. The molecule has 0 aromatic carbocycles. The summed E-state index contributed by atoms with van der Waals surface area (Å²) in [7, 11) is 0. The molecule has 0 aromatic heterocycles. The van der Waals surface area contributed by atoms with Crippen LogP contribution in [0.1, 0.15) is 393 Å². The summed E-state index contributed by atoms with van der Waals surface area (Å²) in [6.45, 7) is 6.65. The molecule has 0 aliphatic carbocycles. The van der Waals surface area contributed by atoms with E-state index in [0.29, 0.717) is 19.3 Å². The van der Waals surface area contributed by atoms with Crippen molar-refractivity contribution in [2.24, 2.45) is 0 Å². The van der Waals surface area contributed by atoms with Crippen LogP contribution in [0, 0.1) is 0 Å². The number of esters is 3. The van der Waals surface area contributed by atoms with E-state index in [9.17, 15) is 14.4 Å². The molecule has 1 atom stereocenters. The molecule has 0 aliphatic heterocycles. The molecule has 0 rings (SSSR count). The van der Waals surface area contributed by atoms with Crippen LogP contribution in [-0.2, 0) is 28.6 Å². The van der Waals surface area contributed by atoms with E-state index < -0.39 is 6.10 Å². The molecule has 0 saturated carbocycles. The van der Waals surface area contributed by atoms with Gasteiger partial charge in [0.2, 0.25) is 0 Å². The molecule has 0 saturated heterocycles. The van der Waals surface area contributed by atoms with Crippen LogP contribution >= 0.6 is 0 Å². The van der Waals surface area contributed by atoms with Crippen LogP contribution in [-0.4, -0.2) is 37.2 Å². The second kappa shape index (κ2) is 68.1. The van der Waals surface area contributed by atoms with Gasteiger partial charge in [0.1, 0.15) is 13.2 Å². The molecule has 464 valence electrons. The van der Waals surface area contributed by atoms with Gasteiger partial charge in [-0.2, -0.15) is 0 Å². The molecule has 79 heavy (non-hydrogen) atoms. The predicted octanol–water partition coefficient (Wildman–Crippen LogP) is 24.3. The monoisotopic (exact) mass is 1110 g/mol. The highest BCUT2D eigenvalue weighted by Gasteiger charge is 2.19. The number of allylic oxidation sites excluding steroid dienone is 6. The fourth-order valence-corrected chi connectivity index (χ4v) is 10.8. The molecule has 0 fully saturated rings. The van der Waals surface area contributed by atoms with Crippen molar-refractivity contribution in [1.29, 1.82) is 0 Å². The van der Waals surface area contributed by atoms with Gasteiger partial charge in [0.25, 0.3) is 0 Å². The summed E-state index contributed by atoms with van der Waals surface area (Å²) in [6.07, 6.45) is 85.0. The Hall–Kier alpha value is -2.37. The van der Waals surface area contributed by atoms with E-state index in [2.05, 4.69) is 57.2 Å². The smallest absolute Gasteiger partial charge is 0.306 e. The maximum Gasteiger partial charge on any atom is 0.306 e. The number of carbonyl (C=O) groups excluding carboxylic acids is 3. The zero-order valence-corrected chi connectivity index (χ0v) is 53.4. The van der Waals surface area contributed by atoms with E-state index in [4.69, 9.17) is 14.2 Å². The van der Waals surface area contributed by atoms with Gasteiger partial charge in [-0.25, -0.2) is 0 Å². The van der Waals surface area contributed by atoms with Gasteiger partial charge in [-0.1, -0.05) is 353 Å². The number of rotatable bonds is 66. The minimum atomic E-state index is -0.772. The number of hydrogen-bond donors (Lipinski definition) is 0. The molecule has 0 spiro atoms. The third-order valence-corrected chi connectivity index (χ3v) is 16.1. The molecule has 6 heteroatoms. The summed E-state index contributed by atoms with van der Waals surface area (Å²) in [5.74, 6) is -0.860. The van der Waals surface area contributed by atoms with Gasteiger partial charge in [-0.05, 0) is 57.8 Å². The Bertz CT molecular complexity index is 1320. The Morgan fingerprint density at radius 2 is 0.456 bits per heavy atom. The summed E-state index contributed by atoms with van der Waals surface area (Å²) in [5.41, 5.74) is 0. The van der Waals surface area contributed by atoms with Crippen LogP contribution in [0.4, 0.5) is 0 Å². The minimum Gasteiger partial charge on any atom is -0.462 e. The van der Waals surface area contributed by atoms with E-state index in [1.807, 2.05) is 0 Å². The molecular weight excluding hydrogens is 973 g/mol. The van der Waals surface area contributed by atoms with E-state index in [1.54, 1.807) is 0 Å². The van der Waals surface area contributed by atoms with Crippen molar-refractivity contribution in [2.75, 3.05) is 13.2 Å². The molecule has 0 amide bonds. The van der Waals surface area contributed by atoms with Crippen LogP contribution in [0.25, 0.3) is 0 Å². The molecule has 0 N–H and O–H groups in total. The first kappa shape index (κ1) is 76.6. The third-order valence-electron chi connectivity index (χ3n) is 16.1. The molecule has 6 nitrogen and oxygen atoms in total. The lowest BCUT2D eigenvalue weighted by molar-refractivity contribution is -0.167. The van der Waals surface area contributed by atoms with Gasteiger partial charge in [-0.3, -0.25) is 14.4 Å². The van der Waals surface area contributed by atoms with E-state index in [1.165, 1.54) is 276 Å². The summed E-state index contributed by atoms with van der Waals surface area (Å²) in [6, 6.07) is 0. The highest BCUT2D eigenvalue weighted by atomic mass is 16.6. The SMILES string of the molecule is CCCCCCC/C=C\C/C=C\C/C=C\CCCCCCCCCCC(=O)OC(COC(=O)CCCCCCCCC)COC(=O)CCCCCCCCCCCCCCCCCCCCCCCCCCCCCCCCC. The molecule has 0 aromatic rings. The van der Waals surface area contributed by atoms with Crippen LogP contribution in [0.3, 0.4) is 0 Å². The van der Waals surface area contributed by atoms with E-state index >= 15 is 0 Å². The molecule has 1 unspecified atom stereocenters. The number of unbranched alkanes of at least 4 members (excludes halogenated alkanes) is 49. The Kier molecular flexibility index (Phi) is 66.1. The zero-order chi connectivity index (χ0) is 57.1.